The number of ether oxygens (including phenoxy) is 1. The Morgan fingerprint density at radius 3 is 2.91 bits per heavy atom. The van der Waals surface area contributed by atoms with Gasteiger partial charge in [0.1, 0.15) is 5.76 Å². The summed E-state index contributed by atoms with van der Waals surface area (Å²) < 4.78 is 11.0. The van der Waals surface area contributed by atoms with Gasteiger partial charge in [0.15, 0.2) is 5.96 Å². The zero-order chi connectivity index (χ0) is 16.3. The summed E-state index contributed by atoms with van der Waals surface area (Å²) in [7, 11) is 0. The summed E-state index contributed by atoms with van der Waals surface area (Å²) in [5.74, 6) is 2.63. The summed E-state index contributed by atoms with van der Waals surface area (Å²) in [6.07, 6.45) is 6.21. The lowest BCUT2D eigenvalue weighted by molar-refractivity contribution is 0.123. The predicted octanol–water partition coefficient (Wildman–Crippen LogP) is 2.75. The molecule has 0 spiro atoms. The molecular formula is C18H29N3O2. The fourth-order valence-electron chi connectivity index (χ4n) is 2.06. The van der Waals surface area contributed by atoms with Crippen LogP contribution >= 0.6 is 0 Å². The quantitative estimate of drug-likeness (QED) is 0.285. The Bertz CT molecular complexity index is 478. The minimum atomic E-state index is 0.633. The third-order valence-corrected chi connectivity index (χ3v) is 3.56. The zero-order valence-electron chi connectivity index (χ0n) is 14.1. The molecule has 1 fully saturated rings. The monoisotopic (exact) mass is 319 g/mol. The van der Waals surface area contributed by atoms with Crippen LogP contribution in [0.3, 0.4) is 0 Å². The molecule has 1 heterocycles. The Morgan fingerprint density at radius 2 is 2.22 bits per heavy atom. The second-order valence-corrected chi connectivity index (χ2v) is 6.18. The molecule has 1 aliphatic rings. The Labute approximate surface area is 139 Å². The largest absolute Gasteiger partial charge is 0.469 e. The summed E-state index contributed by atoms with van der Waals surface area (Å²) in [4.78, 5) is 4.52. The molecule has 0 radical (unpaired) electrons. The van der Waals surface area contributed by atoms with Crippen molar-refractivity contribution in [2.24, 2.45) is 10.9 Å². The van der Waals surface area contributed by atoms with E-state index in [9.17, 15) is 0 Å². The van der Waals surface area contributed by atoms with Crippen molar-refractivity contribution in [2.75, 3.05) is 32.8 Å². The van der Waals surface area contributed by atoms with Crippen LogP contribution in [0, 0.1) is 5.92 Å². The van der Waals surface area contributed by atoms with E-state index < -0.39 is 0 Å². The third-order valence-electron chi connectivity index (χ3n) is 3.56. The highest BCUT2D eigenvalue weighted by molar-refractivity contribution is 5.79. The lowest BCUT2D eigenvalue weighted by Crippen LogP contribution is -2.39. The van der Waals surface area contributed by atoms with Gasteiger partial charge in [-0.3, -0.25) is 0 Å². The van der Waals surface area contributed by atoms with E-state index >= 15 is 0 Å². The summed E-state index contributed by atoms with van der Waals surface area (Å²) in [6, 6.07) is 3.89. The van der Waals surface area contributed by atoms with Crippen molar-refractivity contribution < 1.29 is 9.15 Å². The van der Waals surface area contributed by atoms with E-state index in [0.717, 1.165) is 62.4 Å². The maximum atomic E-state index is 5.64. The molecule has 1 saturated carbocycles. The average molecular weight is 319 g/mol. The normalized spacial score (nSPS) is 14.7. The van der Waals surface area contributed by atoms with Crippen LogP contribution < -0.4 is 10.6 Å². The van der Waals surface area contributed by atoms with Crippen molar-refractivity contribution >= 4 is 5.96 Å². The van der Waals surface area contributed by atoms with Gasteiger partial charge in [-0.25, -0.2) is 4.99 Å². The molecule has 0 aliphatic heterocycles. The van der Waals surface area contributed by atoms with Crippen LogP contribution in [0.1, 0.15) is 31.9 Å². The van der Waals surface area contributed by atoms with Gasteiger partial charge >= 0.3 is 0 Å². The molecule has 1 aromatic rings. The fourth-order valence-corrected chi connectivity index (χ4v) is 2.06. The van der Waals surface area contributed by atoms with Crippen molar-refractivity contribution in [2.45, 2.75) is 32.6 Å². The van der Waals surface area contributed by atoms with Crippen LogP contribution in [0.5, 0.6) is 0 Å². The Morgan fingerprint density at radius 1 is 1.39 bits per heavy atom. The predicted molar refractivity (Wildman–Crippen MR) is 93.7 cm³/mol. The second-order valence-electron chi connectivity index (χ2n) is 6.18. The lowest BCUT2D eigenvalue weighted by atomic mass is 10.3. The molecule has 1 aromatic heterocycles. The number of aliphatic imine (C=N–C) groups is 1. The van der Waals surface area contributed by atoms with E-state index in [1.54, 1.807) is 6.26 Å². The SMILES string of the molecule is C=C(C)CN=C(NCCCOCC1CC1)NCCc1ccco1. The molecular weight excluding hydrogens is 290 g/mol. The maximum Gasteiger partial charge on any atom is 0.191 e. The van der Waals surface area contributed by atoms with Gasteiger partial charge in [0.05, 0.1) is 12.8 Å². The Hall–Kier alpha value is -1.75. The smallest absolute Gasteiger partial charge is 0.191 e. The minimum absolute atomic E-state index is 0.633. The van der Waals surface area contributed by atoms with Gasteiger partial charge in [0.25, 0.3) is 0 Å². The Balaban J connectivity index is 1.61. The van der Waals surface area contributed by atoms with Crippen LogP contribution in [0.25, 0.3) is 0 Å². The van der Waals surface area contributed by atoms with E-state index in [2.05, 4.69) is 22.2 Å². The molecule has 0 aromatic carbocycles. The molecule has 23 heavy (non-hydrogen) atoms. The molecule has 0 bridgehead atoms. The van der Waals surface area contributed by atoms with Gasteiger partial charge in [0, 0.05) is 32.7 Å². The van der Waals surface area contributed by atoms with Gasteiger partial charge in [-0.15, -0.1) is 0 Å². The molecule has 0 atom stereocenters. The highest BCUT2D eigenvalue weighted by atomic mass is 16.5. The van der Waals surface area contributed by atoms with Gasteiger partial charge in [-0.2, -0.15) is 0 Å². The topological polar surface area (TPSA) is 58.8 Å². The van der Waals surface area contributed by atoms with E-state index in [1.807, 2.05) is 19.1 Å². The summed E-state index contributed by atoms with van der Waals surface area (Å²) in [5.41, 5.74) is 1.05. The van der Waals surface area contributed by atoms with Crippen molar-refractivity contribution in [3.8, 4) is 0 Å². The number of rotatable bonds is 11. The molecule has 0 saturated heterocycles. The van der Waals surface area contributed by atoms with Crippen molar-refractivity contribution in [1.82, 2.24) is 10.6 Å². The first kappa shape index (κ1) is 17.6. The van der Waals surface area contributed by atoms with Crippen molar-refractivity contribution in [3.63, 3.8) is 0 Å². The molecule has 0 unspecified atom stereocenters. The van der Waals surface area contributed by atoms with Crippen molar-refractivity contribution in [3.05, 3.63) is 36.3 Å². The molecule has 128 valence electrons. The fraction of sp³-hybridized carbons (Fsp3) is 0.611. The highest BCUT2D eigenvalue weighted by Gasteiger charge is 2.20. The molecule has 0 amide bonds. The standard InChI is InChI=1S/C18H29N3O2/c1-15(2)13-21-18(20-10-8-17-5-3-12-23-17)19-9-4-11-22-14-16-6-7-16/h3,5,12,16H,1,4,6-11,13-14H2,2H3,(H2,19,20,21). The van der Waals surface area contributed by atoms with Crippen LogP contribution in [0.4, 0.5) is 0 Å². The summed E-state index contributed by atoms with van der Waals surface area (Å²) in [6.45, 7) is 9.89. The molecule has 2 rings (SSSR count). The van der Waals surface area contributed by atoms with Gasteiger partial charge in [-0.1, -0.05) is 12.2 Å². The number of hydrogen-bond acceptors (Lipinski definition) is 3. The molecule has 5 heteroatoms. The van der Waals surface area contributed by atoms with Gasteiger partial charge < -0.3 is 19.8 Å². The second kappa shape index (κ2) is 10.1. The van der Waals surface area contributed by atoms with E-state index in [4.69, 9.17) is 9.15 Å². The zero-order valence-corrected chi connectivity index (χ0v) is 14.1. The van der Waals surface area contributed by atoms with E-state index in [1.165, 1.54) is 12.8 Å². The molecule has 5 nitrogen and oxygen atoms in total. The van der Waals surface area contributed by atoms with Gasteiger partial charge in [0.2, 0.25) is 0 Å². The molecule has 2 N–H and O–H groups in total. The molecule has 1 aliphatic carbocycles. The first-order valence-corrected chi connectivity index (χ1v) is 8.50. The van der Waals surface area contributed by atoms with Crippen LogP contribution in [-0.4, -0.2) is 38.8 Å². The Kier molecular flexibility index (Phi) is 7.73. The average Bonchev–Trinajstić information content (AvgIpc) is 3.21. The minimum Gasteiger partial charge on any atom is -0.469 e. The lowest BCUT2D eigenvalue weighted by Gasteiger charge is -2.12. The first-order valence-electron chi connectivity index (χ1n) is 8.50. The maximum absolute atomic E-state index is 5.64. The van der Waals surface area contributed by atoms with Crippen molar-refractivity contribution in [1.29, 1.82) is 0 Å². The number of furan rings is 1. The van der Waals surface area contributed by atoms with Crippen LogP contribution in [-0.2, 0) is 11.2 Å². The number of hydrogen-bond donors (Lipinski definition) is 2. The highest BCUT2D eigenvalue weighted by Crippen LogP contribution is 2.28. The van der Waals surface area contributed by atoms with Gasteiger partial charge in [-0.05, 0) is 44.2 Å². The first-order chi connectivity index (χ1) is 11.2. The summed E-state index contributed by atoms with van der Waals surface area (Å²) >= 11 is 0. The van der Waals surface area contributed by atoms with E-state index in [-0.39, 0.29) is 0 Å². The summed E-state index contributed by atoms with van der Waals surface area (Å²) in [5, 5.41) is 6.68. The number of nitrogens with one attached hydrogen (secondary N) is 2. The number of guanidine groups is 1. The van der Waals surface area contributed by atoms with Crippen LogP contribution in [0.15, 0.2) is 40.0 Å². The third kappa shape index (κ3) is 8.45. The number of nitrogens with zero attached hydrogens (tertiary/aromatic N) is 1. The van der Waals surface area contributed by atoms with E-state index in [0.29, 0.717) is 6.54 Å². The van der Waals surface area contributed by atoms with Crippen LogP contribution in [0.2, 0.25) is 0 Å².